The second kappa shape index (κ2) is 6.59. The standard InChI is InChI=1S/C17H16Cl2NO4S/c1-3-5-10-8-11(18)9-12(19)14(10)15-16(24-25(2,22)23)13-6-4-7-20(13)17(15)21/h3,5,8-9,13H,1,4,6-7H2,2H3/q-1. The molecule has 2 heterocycles. The Kier molecular flexibility index (Phi) is 4.79. The first-order chi connectivity index (χ1) is 11.7. The third-order valence-corrected chi connectivity index (χ3v) is 5.15. The maximum absolute atomic E-state index is 12.9. The second-order valence-corrected chi connectivity index (χ2v) is 8.36. The van der Waals surface area contributed by atoms with E-state index in [-0.39, 0.29) is 28.3 Å². The van der Waals surface area contributed by atoms with Crippen LogP contribution in [0.1, 0.15) is 24.0 Å². The molecule has 25 heavy (non-hydrogen) atoms. The van der Waals surface area contributed by atoms with Crippen LogP contribution in [0.2, 0.25) is 10.0 Å². The molecule has 0 bridgehead atoms. The Labute approximate surface area is 157 Å². The number of allylic oxidation sites excluding steroid dienone is 1. The van der Waals surface area contributed by atoms with Crippen LogP contribution in [0, 0.1) is 6.42 Å². The van der Waals surface area contributed by atoms with Gasteiger partial charge in [0.05, 0.1) is 12.3 Å². The molecule has 1 fully saturated rings. The average molecular weight is 401 g/mol. The van der Waals surface area contributed by atoms with Crippen molar-refractivity contribution in [2.45, 2.75) is 18.9 Å². The zero-order valence-electron chi connectivity index (χ0n) is 13.5. The summed E-state index contributed by atoms with van der Waals surface area (Å²) in [5, 5.41) is 0.652. The SMILES string of the molecule is C=C[CH-]c1cc(Cl)cc(Cl)c1C1=C(OS(C)(=O)=O)C2CCCN2C1=O. The molecular weight excluding hydrogens is 385 g/mol. The van der Waals surface area contributed by atoms with Gasteiger partial charge in [0, 0.05) is 22.2 Å². The van der Waals surface area contributed by atoms with Gasteiger partial charge in [-0.15, -0.1) is 18.1 Å². The molecule has 0 radical (unpaired) electrons. The molecule has 134 valence electrons. The maximum Gasteiger partial charge on any atom is 0.306 e. The van der Waals surface area contributed by atoms with Gasteiger partial charge in [0.15, 0.2) is 0 Å². The van der Waals surface area contributed by atoms with Crippen molar-refractivity contribution in [3.63, 3.8) is 0 Å². The van der Waals surface area contributed by atoms with Gasteiger partial charge in [0.2, 0.25) is 5.91 Å². The Hall–Kier alpha value is -1.63. The van der Waals surface area contributed by atoms with Crippen LogP contribution in [-0.4, -0.2) is 38.1 Å². The van der Waals surface area contributed by atoms with Gasteiger partial charge in [-0.25, -0.2) is 0 Å². The fourth-order valence-corrected chi connectivity index (χ4v) is 4.43. The van der Waals surface area contributed by atoms with E-state index in [2.05, 4.69) is 6.58 Å². The van der Waals surface area contributed by atoms with E-state index >= 15 is 0 Å². The number of hydrogen-bond acceptors (Lipinski definition) is 4. The topological polar surface area (TPSA) is 63.7 Å². The van der Waals surface area contributed by atoms with Crippen molar-refractivity contribution in [1.29, 1.82) is 0 Å². The highest BCUT2D eigenvalue weighted by molar-refractivity contribution is 7.86. The number of amides is 1. The van der Waals surface area contributed by atoms with Gasteiger partial charge in [-0.3, -0.25) is 4.79 Å². The van der Waals surface area contributed by atoms with Crippen molar-refractivity contribution in [3.8, 4) is 0 Å². The Balaban J connectivity index is 2.26. The summed E-state index contributed by atoms with van der Waals surface area (Å²) >= 11 is 12.4. The first-order valence-corrected chi connectivity index (χ1v) is 10.2. The van der Waals surface area contributed by atoms with E-state index in [0.29, 0.717) is 29.1 Å². The predicted octanol–water partition coefficient (Wildman–Crippen LogP) is 3.42. The number of benzene rings is 1. The molecule has 0 aromatic heterocycles. The third kappa shape index (κ3) is 3.38. The van der Waals surface area contributed by atoms with Crippen LogP contribution in [0.3, 0.4) is 0 Å². The summed E-state index contributed by atoms with van der Waals surface area (Å²) < 4.78 is 28.7. The lowest BCUT2D eigenvalue weighted by atomic mass is 9.96. The first-order valence-electron chi connectivity index (χ1n) is 7.62. The number of nitrogens with zero attached hydrogens (tertiary/aromatic N) is 1. The molecule has 0 N–H and O–H groups in total. The molecule has 1 aromatic rings. The fourth-order valence-electron chi connectivity index (χ4n) is 3.30. The number of fused-ring (bicyclic) bond motifs is 1. The van der Waals surface area contributed by atoms with E-state index in [1.54, 1.807) is 23.5 Å². The maximum atomic E-state index is 12.9. The Morgan fingerprint density at radius 2 is 2.12 bits per heavy atom. The first kappa shape index (κ1) is 18.2. The minimum Gasteiger partial charge on any atom is -0.385 e. The third-order valence-electron chi connectivity index (χ3n) is 4.15. The zero-order valence-corrected chi connectivity index (χ0v) is 15.8. The van der Waals surface area contributed by atoms with E-state index in [9.17, 15) is 13.2 Å². The molecule has 1 unspecified atom stereocenters. The zero-order chi connectivity index (χ0) is 18.4. The average Bonchev–Trinajstić information content (AvgIpc) is 3.04. The Morgan fingerprint density at radius 3 is 2.76 bits per heavy atom. The molecule has 0 saturated carbocycles. The van der Waals surface area contributed by atoms with Crippen molar-refractivity contribution >= 4 is 44.8 Å². The normalized spacial score (nSPS) is 20.0. The van der Waals surface area contributed by atoms with Crippen LogP contribution in [0.25, 0.3) is 5.57 Å². The quantitative estimate of drug-likeness (QED) is 0.560. The molecule has 1 saturated heterocycles. The van der Waals surface area contributed by atoms with Gasteiger partial charge >= 0.3 is 10.1 Å². The van der Waals surface area contributed by atoms with Crippen molar-refractivity contribution in [1.82, 2.24) is 4.90 Å². The summed E-state index contributed by atoms with van der Waals surface area (Å²) in [5.41, 5.74) is 1.15. The molecular formula is C17H16Cl2NO4S-. The summed E-state index contributed by atoms with van der Waals surface area (Å²) in [6.45, 7) is 4.21. The number of carbonyl (C=O) groups is 1. The van der Waals surface area contributed by atoms with E-state index < -0.39 is 10.1 Å². The smallest absolute Gasteiger partial charge is 0.306 e. The molecule has 1 amide bonds. The van der Waals surface area contributed by atoms with Crippen LogP contribution < -0.4 is 0 Å². The van der Waals surface area contributed by atoms with Crippen molar-refractivity contribution in [3.05, 3.63) is 58.1 Å². The van der Waals surface area contributed by atoms with Gasteiger partial charge < -0.3 is 9.08 Å². The van der Waals surface area contributed by atoms with Gasteiger partial charge in [0.1, 0.15) is 5.76 Å². The molecule has 0 aliphatic carbocycles. The van der Waals surface area contributed by atoms with Crippen LogP contribution in [0.5, 0.6) is 0 Å². The van der Waals surface area contributed by atoms with Crippen LogP contribution >= 0.6 is 23.2 Å². The monoisotopic (exact) mass is 400 g/mol. The lowest BCUT2D eigenvalue weighted by Crippen LogP contribution is -2.30. The molecule has 1 atom stereocenters. The minimum absolute atomic E-state index is 0.132. The van der Waals surface area contributed by atoms with Crippen molar-refractivity contribution in [2.24, 2.45) is 0 Å². The summed E-state index contributed by atoms with van der Waals surface area (Å²) in [7, 11) is -3.79. The highest BCUT2D eigenvalue weighted by Crippen LogP contribution is 2.43. The van der Waals surface area contributed by atoms with Crippen molar-refractivity contribution in [2.75, 3.05) is 12.8 Å². The molecule has 8 heteroatoms. The second-order valence-electron chi connectivity index (χ2n) is 5.94. The van der Waals surface area contributed by atoms with Gasteiger partial charge in [-0.2, -0.15) is 21.1 Å². The molecule has 1 aromatic carbocycles. The highest BCUT2D eigenvalue weighted by atomic mass is 35.5. The number of hydrogen-bond donors (Lipinski definition) is 0. The van der Waals surface area contributed by atoms with Gasteiger partial charge in [-0.05, 0) is 18.9 Å². The van der Waals surface area contributed by atoms with Crippen LogP contribution in [-0.2, 0) is 19.1 Å². The van der Waals surface area contributed by atoms with E-state index in [1.807, 2.05) is 0 Å². The summed E-state index contributed by atoms with van der Waals surface area (Å²) in [4.78, 5) is 14.6. The summed E-state index contributed by atoms with van der Waals surface area (Å²) in [6.07, 6.45) is 5.60. The van der Waals surface area contributed by atoms with Gasteiger partial charge in [-0.1, -0.05) is 28.8 Å². The lowest BCUT2D eigenvalue weighted by molar-refractivity contribution is -0.124. The fraction of sp³-hybridized carbons (Fsp3) is 0.294. The van der Waals surface area contributed by atoms with E-state index in [4.69, 9.17) is 27.4 Å². The number of carbonyl (C=O) groups excluding carboxylic acids is 1. The molecule has 3 rings (SSSR count). The summed E-state index contributed by atoms with van der Waals surface area (Å²) in [5.74, 6) is -0.156. The van der Waals surface area contributed by atoms with Crippen LogP contribution in [0.4, 0.5) is 0 Å². The van der Waals surface area contributed by atoms with Crippen LogP contribution in [0.15, 0.2) is 30.5 Å². The molecule has 2 aliphatic rings. The summed E-state index contributed by atoms with van der Waals surface area (Å²) in [6, 6.07) is 2.77. The van der Waals surface area contributed by atoms with E-state index in [1.165, 1.54) is 6.07 Å². The largest absolute Gasteiger partial charge is 0.385 e. The Morgan fingerprint density at radius 1 is 1.40 bits per heavy atom. The molecule has 5 nitrogen and oxygen atoms in total. The highest BCUT2D eigenvalue weighted by Gasteiger charge is 2.44. The van der Waals surface area contributed by atoms with Gasteiger partial charge in [0.25, 0.3) is 0 Å². The molecule has 0 spiro atoms. The Bertz CT molecular complexity index is 892. The van der Waals surface area contributed by atoms with E-state index in [0.717, 1.165) is 12.7 Å². The number of halogens is 2. The number of rotatable bonds is 5. The van der Waals surface area contributed by atoms with Crippen molar-refractivity contribution < 1.29 is 17.4 Å². The molecule has 2 aliphatic heterocycles. The minimum atomic E-state index is -3.79. The lowest BCUT2D eigenvalue weighted by Gasteiger charge is -2.19. The predicted molar refractivity (Wildman–Crippen MR) is 97.6 cm³/mol.